The smallest absolute Gasteiger partial charge is 0.291 e. The van der Waals surface area contributed by atoms with Gasteiger partial charge in [-0.3, -0.25) is 4.79 Å². The molecule has 3 aromatic rings. The summed E-state index contributed by atoms with van der Waals surface area (Å²) in [5.74, 6) is 0.386. The van der Waals surface area contributed by atoms with Crippen molar-refractivity contribution in [2.75, 3.05) is 5.32 Å². The van der Waals surface area contributed by atoms with E-state index in [-0.39, 0.29) is 11.7 Å². The lowest BCUT2D eigenvalue weighted by Crippen LogP contribution is -2.11. The lowest BCUT2D eigenvalue weighted by atomic mass is 10.1. The Kier molecular flexibility index (Phi) is 5.41. The molecule has 3 rings (SSSR count). The van der Waals surface area contributed by atoms with Gasteiger partial charge in [0.1, 0.15) is 5.76 Å². The number of anilines is 1. The molecule has 0 radical (unpaired) electrons. The number of hydrogen-bond acceptors (Lipinski definition) is 2. The number of nitrogens with one attached hydrogen (secondary N) is 1. The monoisotopic (exact) mass is 485 g/mol. The van der Waals surface area contributed by atoms with E-state index >= 15 is 0 Å². The number of halogens is 3. The number of aryl methyl sites for hydroxylation is 2. The van der Waals surface area contributed by atoms with E-state index in [2.05, 4.69) is 27.9 Å². The second kappa shape index (κ2) is 7.40. The molecule has 0 unspecified atom stereocenters. The van der Waals surface area contributed by atoms with Crippen molar-refractivity contribution in [2.24, 2.45) is 0 Å². The van der Waals surface area contributed by atoms with Crippen LogP contribution in [0.3, 0.4) is 0 Å². The molecule has 3 nitrogen and oxygen atoms in total. The number of carbonyl (C=O) groups excluding carboxylic acids is 1. The summed E-state index contributed by atoms with van der Waals surface area (Å²) in [6.45, 7) is 4.02. The molecule has 0 aliphatic rings. The Morgan fingerprint density at radius 3 is 2.44 bits per heavy atom. The Labute approximate surface area is 169 Å². The molecule has 0 aliphatic carbocycles. The zero-order chi connectivity index (χ0) is 18.1. The fourth-order valence-electron chi connectivity index (χ4n) is 2.51. The highest BCUT2D eigenvalue weighted by atomic mass is 127. The van der Waals surface area contributed by atoms with Crippen molar-refractivity contribution in [1.82, 2.24) is 0 Å². The van der Waals surface area contributed by atoms with Crippen LogP contribution in [0.4, 0.5) is 5.69 Å². The zero-order valence-electron chi connectivity index (χ0n) is 13.5. The summed E-state index contributed by atoms with van der Waals surface area (Å²) in [5.41, 5.74) is 3.61. The van der Waals surface area contributed by atoms with Crippen molar-refractivity contribution in [3.8, 4) is 11.3 Å². The molecule has 1 N–H and O–H groups in total. The van der Waals surface area contributed by atoms with Gasteiger partial charge in [0.05, 0.1) is 10.0 Å². The van der Waals surface area contributed by atoms with Crippen LogP contribution in [0.1, 0.15) is 21.7 Å². The molecule has 2 aromatic carbocycles. The molecule has 1 heterocycles. The van der Waals surface area contributed by atoms with E-state index in [1.165, 1.54) is 3.57 Å². The minimum absolute atomic E-state index is 0.208. The number of rotatable bonds is 3. The summed E-state index contributed by atoms with van der Waals surface area (Å²) < 4.78 is 6.85. The average Bonchev–Trinajstić information content (AvgIpc) is 3.05. The molecule has 6 heteroatoms. The summed E-state index contributed by atoms with van der Waals surface area (Å²) in [6.07, 6.45) is 0. The van der Waals surface area contributed by atoms with Gasteiger partial charge >= 0.3 is 0 Å². The Morgan fingerprint density at radius 2 is 1.76 bits per heavy atom. The molecule has 1 amide bonds. The van der Waals surface area contributed by atoms with Gasteiger partial charge in [-0.1, -0.05) is 29.3 Å². The van der Waals surface area contributed by atoms with Gasteiger partial charge in [0.2, 0.25) is 0 Å². The minimum Gasteiger partial charge on any atom is -0.451 e. The van der Waals surface area contributed by atoms with Gasteiger partial charge in [-0.25, -0.2) is 0 Å². The van der Waals surface area contributed by atoms with Gasteiger partial charge in [0.25, 0.3) is 5.91 Å². The molecule has 25 heavy (non-hydrogen) atoms. The summed E-state index contributed by atoms with van der Waals surface area (Å²) in [6, 6.07) is 12.5. The Hall–Kier alpha value is -1.50. The van der Waals surface area contributed by atoms with Crippen molar-refractivity contribution in [1.29, 1.82) is 0 Å². The van der Waals surface area contributed by atoms with Gasteiger partial charge < -0.3 is 9.73 Å². The quantitative estimate of drug-likeness (QED) is 0.418. The summed E-state index contributed by atoms with van der Waals surface area (Å²) in [5, 5.41) is 3.70. The molecular formula is C19H14Cl2INO2. The topological polar surface area (TPSA) is 42.2 Å². The Balaban J connectivity index is 1.85. The first-order valence-electron chi connectivity index (χ1n) is 7.49. The molecular weight excluding hydrogens is 472 g/mol. The van der Waals surface area contributed by atoms with E-state index in [1.54, 1.807) is 30.3 Å². The highest BCUT2D eigenvalue weighted by Gasteiger charge is 2.16. The number of amides is 1. The SMILES string of the molecule is Cc1cc(NC(=O)c2ccc(-c3cccc(Cl)c3Cl)o2)cc(C)c1I. The van der Waals surface area contributed by atoms with E-state index in [9.17, 15) is 4.79 Å². The van der Waals surface area contributed by atoms with E-state index in [1.807, 2.05) is 26.0 Å². The average molecular weight is 486 g/mol. The molecule has 0 fully saturated rings. The van der Waals surface area contributed by atoms with Gasteiger partial charge in [0.15, 0.2) is 5.76 Å². The second-order valence-corrected chi connectivity index (χ2v) is 7.51. The largest absolute Gasteiger partial charge is 0.451 e. The van der Waals surface area contributed by atoms with Crippen LogP contribution in [0.25, 0.3) is 11.3 Å². The van der Waals surface area contributed by atoms with Crippen LogP contribution < -0.4 is 5.32 Å². The maximum Gasteiger partial charge on any atom is 0.291 e. The van der Waals surface area contributed by atoms with Gasteiger partial charge in [0, 0.05) is 14.8 Å². The second-order valence-electron chi connectivity index (χ2n) is 5.64. The van der Waals surface area contributed by atoms with Crippen LogP contribution in [-0.2, 0) is 0 Å². The fraction of sp³-hybridized carbons (Fsp3) is 0.105. The Morgan fingerprint density at radius 1 is 1.08 bits per heavy atom. The van der Waals surface area contributed by atoms with E-state index in [4.69, 9.17) is 27.6 Å². The maximum atomic E-state index is 12.5. The van der Waals surface area contributed by atoms with Crippen LogP contribution in [0.2, 0.25) is 10.0 Å². The highest BCUT2D eigenvalue weighted by molar-refractivity contribution is 14.1. The third kappa shape index (κ3) is 3.86. The van der Waals surface area contributed by atoms with Crippen molar-refractivity contribution >= 4 is 57.4 Å². The molecule has 128 valence electrons. The number of hydrogen-bond donors (Lipinski definition) is 1. The van der Waals surface area contributed by atoms with E-state index in [0.717, 1.165) is 16.8 Å². The van der Waals surface area contributed by atoms with Gasteiger partial charge in [-0.05, 0) is 84.0 Å². The first kappa shape index (κ1) is 18.3. The lowest BCUT2D eigenvalue weighted by Gasteiger charge is -2.09. The van der Waals surface area contributed by atoms with Crippen molar-refractivity contribution in [3.63, 3.8) is 0 Å². The molecule has 0 spiro atoms. The first-order valence-corrected chi connectivity index (χ1v) is 9.32. The standard InChI is InChI=1S/C19H14Cl2INO2/c1-10-8-12(9-11(2)18(10)22)23-19(24)16-7-6-15(25-16)13-4-3-5-14(20)17(13)21/h3-9H,1-2H3,(H,23,24). The number of furan rings is 1. The summed E-state index contributed by atoms with van der Waals surface area (Å²) >= 11 is 14.5. The first-order chi connectivity index (χ1) is 11.9. The number of benzene rings is 2. The Bertz CT molecular complexity index is 943. The normalized spacial score (nSPS) is 10.8. The summed E-state index contributed by atoms with van der Waals surface area (Å²) in [7, 11) is 0. The van der Waals surface area contributed by atoms with Crippen LogP contribution in [0.5, 0.6) is 0 Å². The van der Waals surface area contributed by atoms with Crippen LogP contribution in [0.15, 0.2) is 46.9 Å². The van der Waals surface area contributed by atoms with Gasteiger partial charge in [-0.15, -0.1) is 0 Å². The van der Waals surface area contributed by atoms with Crippen LogP contribution >= 0.6 is 45.8 Å². The third-order valence-electron chi connectivity index (χ3n) is 3.74. The molecule has 0 bridgehead atoms. The molecule has 0 saturated carbocycles. The molecule has 0 atom stereocenters. The van der Waals surface area contributed by atoms with E-state index in [0.29, 0.717) is 21.4 Å². The van der Waals surface area contributed by atoms with Crippen molar-refractivity contribution in [3.05, 3.63) is 73.0 Å². The molecule has 0 saturated heterocycles. The number of carbonyl (C=O) groups is 1. The van der Waals surface area contributed by atoms with Crippen molar-refractivity contribution in [2.45, 2.75) is 13.8 Å². The lowest BCUT2D eigenvalue weighted by molar-refractivity contribution is 0.0997. The van der Waals surface area contributed by atoms with Crippen LogP contribution in [-0.4, -0.2) is 5.91 Å². The van der Waals surface area contributed by atoms with Gasteiger partial charge in [-0.2, -0.15) is 0 Å². The van der Waals surface area contributed by atoms with Crippen LogP contribution in [0, 0.1) is 17.4 Å². The highest BCUT2D eigenvalue weighted by Crippen LogP contribution is 2.34. The zero-order valence-corrected chi connectivity index (χ0v) is 17.2. The molecule has 0 aliphatic heterocycles. The third-order valence-corrected chi connectivity index (χ3v) is 6.26. The summed E-state index contributed by atoms with van der Waals surface area (Å²) in [4.78, 5) is 12.5. The predicted octanol–water partition coefficient (Wildman–Crippen LogP) is 6.73. The maximum absolute atomic E-state index is 12.5. The fourth-order valence-corrected chi connectivity index (χ4v) is 3.21. The van der Waals surface area contributed by atoms with Crippen molar-refractivity contribution < 1.29 is 9.21 Å². The minimum atomic E-state index is -0.315. The van der Waals surface area contributed by atoms with E-state index < -0.39 is 0 Å². The predicted molar refractivity (Wildman–Crippen MR) is 111 cm³/mol. The molecule has 1 aromatic heterocycles.